The van der Waals surface area contributed by atoms with Crippen LogP contribution in [-0.4, -0.2) is 35.3 Å². The first kappa shape index (κ1) is 13.9. The van der Waals surface area contributed by atoms with E-state index in [-0.39, 0.29) is 18.0 Å². The summed E-state index contributed by atoms with van der Waals surface area (Å²) < 4.78 is 18.6. The highest BCUT2D eigenvalue weighted by Gasteiger charge is 2.23. The molecule has 0 saturated carbocycles. The van der Waals surface area contributed by atoms with Gasteiger partial charge < -0.3 is 9.64 Å². The molecule has 2 heterocycles. The highest BCUT2D eigenvalue weighted by molar-refractivity contribution is 5.61. The van der Waals surface area contributed by atoms with Crippen molar-refractivity contribution in [1.29, 1.82) is 0 Å². The lowest BCUT2D eigenvalue weighted by Gasteiger charge is -2.35. The number of ether oxygens (including phenoxy) is 1. The first-order chi connectivity index (χ1) is 10.1. The van der Waals surface area contributed by atoms with E-state index in [4.69, 9.17) is 4.74 Å². The maximum atomic E-state index is 12.9. The van der Waals surface area contributed by atoms with Crippen molar-refractivity contribution >= 4 is 5.95 Å². The molecular weight excluding hydrogens is 269 g/mol. The van der Waals surface area contributed by atoms with Gasteiger partial charge in [-0.1, -0.05) is 12.1 Å². The average Bonchev–Trinajstić information content (AvgIpc) is 2.47. The van der Waals surface area contributed by atoms with Crippen molar-refractivity contribution in [3.8, 4) is 11.1 Å². The zero-order chi connectivity index (χ0) is 14.8. The minimum atomic E-state index is -0.243. The summed E-state index contributed by atoms with van der Waals surface area (Å²) in [7, 11) is 0. The van der Waals surface area contributed by atoms with Crippen molar-refractivity contribution in [1.82, 2.24) is 9.97 Å². The summed E-state index contributed by atoms with van der Waals surface area (Å²) in [5.41, 5.74) is 1.79. The van der Waals surface area contributed by atoms with Crippen LogP contribution >= 0.6 is 0 Å². The second-order valence-electron chi connectivity index (χ2n) is 5.44. The largest absolute Gasteiger partial charge is 0.372 e. The smallest absolute Gasteiger partial charge is 0.225 e. The molecule has 21 heavy (non-hydrogen) atoms. The summed E-state index contributed by atoms with van der Waals surface area (Å²) in [6, 6.07) is 6.34. The predicted molar refractivity (Wildman–Crippen MR) is 79.6 cm³/mol. The van der Waals surface area contributed by atoms with Gasteiger partial charge in [0.05, 0.1) is 12.2 Å². The molecule has 2 unspecified atom stereocenters. The Morgan fingerprint density at radius 3 is 2.14 bits per heavy atom. The van der Waals surface area contributed by atoms with E-state index in [1.807, 2.05) is 0 Å². The Morgan fingerprint density at radius 2 is 1.57 bits per heavy atom. The second kappa shape index (κ2) is 5.77. The third-order valence-electron chi connectivity index (χ3n) is 3.52. The van der Waals surface area contributed by atoms with Gasteiger partial charge in [-0.3, -0.25) is 0 Å². The molecule has 0 N–H and O–H groups in total. The molecule has 2 atom stereocenters. The molecule has 1 saturated heterocycles. The lowest BCUT2D eigenvalue weighted by atomic mass is 10.1. The summed E-state index contributed by atoms with van der Waals surface area (Å²) >= 11 is 0. The van der Waals surface area contributed by atoms with Crippen LogP contribution in [-0.2, 0) is 4.74 Å². The maximum Gasteiger partial charge on any atom is 0.225 e. The molecule has 1 aliphatic heterocycles. The topological polar surface area (TPSA) is 38.2 Å². The summed E-state index contributed by atoms with van der Waals surface area (Å²) in [4.78, 5) is 11.0. The zero-order valence-corrected chi connectivity index (χ0v) is 12.2. The van der Waals surface area contributed by atoms with Crippen molar-refractivity contribution < 1.29 is 9.13 Å². The minimum absolute atomic E-state index is 0.175. The fraction of sp³-hybridized carbons (Fsp3) is 0.375. The van der Waals surface area contributed by atoms with E-state index in [9.17, 15) is 4.39 Å². The zero-order valence-electron chi connectivity index (χ0n) is 12.2. The van der Waals surface area contributed by atoms with Gasteiger partial charge >= 0.3 is 0 Å². The molecule has 1 fully saturated rings. The highest BCUT2D eigenvalue weighted by Crippen LogP contribution is 2.21. The van der Waals surface area contributed by atoms with E-state index in [2.05, 4.69) is 28.7 Å². The number of benzene rings is 1. The Morgan fingerprint density at radius 1 is 1.00 bits per heavy atom. The van der Waals surface area contributed by atoms with Crippen molar-refractivity contribution in [2.75, 3.05) is 18.0 Å². The number of aromatic nitrogens is 2. The molecule has 110 valence electrons. The number of hydrogen-bond donors (Lipinski definition) is 0. The number of nitrogens with zero attached hydrogens (tertiary/aromatic N) is 3. The van der Waals surface area contributed by atoms with Crippen LogP contribution in [0.1, 0.15) is 13.8 Å². The minimum Gasteiger partial charge on any atom is -0.372 e. The van der Waals surface area contributed by atoms with Gasteiger partial charge in [-0.05, 0) is 31.5 Å². The summed E-state index contributed by atoms with van der Waals surface area (Å²) in [6.45, 7) is 5.69. The van der Waals surface area contributed by atoms with Gasteiger partial charge in [0, 0.05) is 31.0 Å². The Bertz CT molecular complexity index is 590. The Balaban J connectivity index is 1.79. The molecule has 1 aromatic carbocycles. The quantitative estimate of drug-likeness (QED) is 0.851. The number of anilines is 1. The van der Waals surface area contributed by atoms with Crippen LogP contribution in [0.3, 0.4) is 0 Å². The van der Waals surface area contributed by atoms with Gasteiger partial charge in [0.25, 0.3) is 0 Å². The molecule has 4 nitrogen and oxygen atoms in total. The molecule has 1 aliphatic rings. The first-order valence-electron chi connectivity index (χ1n) is 7.10. The Hall–Kier alpha value is -2.01. The molecule has 5 heteroatoms. The van der Waals surface area contributed by atoms with Crippen LogP contribution in [0, 0.1) is 5.82 Å². The lowest BCUT2D eigenvalue weighted by molar-refractivity contribution is -0.00571. The molecule has 2 aromatic rings. The molecule has 0 bridgehead atoms. The van der Waals surface area contributed by atoms with Gasteiger partial charge in [-0.25, -0.2) is 14.4 Å². The van der Waals surface area contributed by atoms with E-state index in [1.165, 1.54) is 12.1 Å². The molecule has 1 aromatic heterocycles. The second-order valence-corrected chi connectivity index (χ2v) is 5.44. The van der Waals surface area contributed by atoms with Gasteiger partial charge in [-0.2, -0.15) is 0 Å². The van der Waals surface area contributed by atoms with Crippen molar-refractivity contribution in [2.45, 2.75) is 26.1 Å². The third-order valence-corrected chi connectivity index (χ3v) is 3.52. The molecule has 0 spiro atoms. The van der Waals surface area contributed by atoms with Gasteiger partial charge in [0.2, 0.25) is 5.95 Å². The van der Waals surface area contributed by atoms with E-state index in [0.717, 1.165) is 24.2 Å². The highest BCUT2D eigenvalue weighted by atomic mass is 19.1. The van der Waals surface area contributed by atoms with E-state index >= 15 is 0 Å². The van der Waals surface area contributed by atoms with Crippen LogP contribution in [0.4, 0.5) is 10.3 Å². The number of hydrogen-bond acceptors (Lipinski definition) is 4. The number of rotatable bonds is 2. The van der Waals surface area contributed by atoms with Crippen molar-refractivity contribution in [3.63, 3.8) is 0 Å². The summed E-state index contributed by atoms with van der Waals surface area (Å²) in [6.07, 6.45) is 3.91. The van der Waals surface area contributed by atoms with Gasteiger partial charge in [0.15, 0.2) is 0 Å². The number of morpholine rings is 1. The van der Waals surface area contributed by atoms with E-state index in [0.29, 0.717) is 5.95 Å². The van der Waals surface area contributed by atoms with Crippen LogP contribution in [0.15, 0.2) is 36.7 Å². The molecular formula is C16H18FN3O. The normalized spacial score (nSPS) is 22.3. The predicted octanol–water partition coefficient (Wildman–Crippen LogP) is 2.90. The van der Waals surface area contributed by atoms with Crippen LogP contribution in [0.5, 0.6) is 0 Å². The van der Waals surface area contributed by atoms with Gasteiger partial charge in [0.1, 0.15) is 5.82 Å². The van der Waals surface area contributed by atoms with Crippen molar-refractivity contribution in [2.24, 2.45) is 0 Å². The first-order valence-corrected chi connectivity index (χ1v) is 7.10. The fourth-order valence-corrected chi connectivity index (χ4v) is 2.62. The van der Waals surface area contributed by atoms with E-state index < -0.39 is 0 Å². The monoisotopic (exact) mass is 287 g/mol. The third kappa shape index (κ3) is 3.19. The summed E-state index contributed by atoms with van der Waals surface area (Å²) in [5.74, 6) is 0.468. The Kier molecular flexibility index (Phi) is 3.84. The number of halogens is 1. The molecule has 0 amide bonds. The van der Waals surface area contributed by atoms with Crippen LogP contribution < -0.4 is 4.90 Å². The SMILES string of the molecule is CC1CN(c2ncc(-c3ccc(F)cc3)cn2)CC(C)O1. The molecule has 0 radical (unpaired) electrons. The fourth-order valence-electron chi connectivity index (χ4n) is 2.62. The average molecular weight is 287 g/mol. The maximum absolute atomic E-state index is 12.9. The molecule has 3 rings (SSSR count). The van der Waals surface area contributed by atoms with E-state index in [1.54, 1.807) is 24.5 Å². The van der Waals surface area contributed by atoms with Gasteiger partial charge in [-0.15, -0.1) is 0 Å². The lowest BCUT2D eigenvalue weighted by Crippen LogP contribution is -2.46. The molecule has 0 aliphatic carbocycles. The summed E-state index contributed by atoms with van der Waals surface area (Å²) in [5, 5.41) is 0. The van der Waals surface area contributed by atoms with Crippen LogP contribution in [0.25, 0.3) is 11.1 Å². The standard InChI is InChI=1S/C16H18FN3O/c1-11-9-20(10-12(2)21-11)16-18-7-14(8-19-16)13-3-5-15(17)6-4-13/h3-8,11-12H,9-10H2,1-2H3. The van der Waals surface area contributed by atoms with Crippen molar-refractivity contribution in [3.05, 3.63) is 42.5 Å². The Labute approximate surface area is 123 Å². The van der Waals surface area contributed by atoms with Crippen LogP contribution in [0.2, 0.25) is 0 Å².